The molecule has 2 fully saturated rings. The highest BCUT2D eigenvalue weighted by molar-refractivity contribution is 5.79. The quantitative estimate of drug-likeness (QED) is 0.888. The van der Waals surface area contributed by atoms with Crippen LogP contribution in [-0.2, 0) is 11.2 Å². The monoisotopic (exact) mass is 259 g/mol. The predicted molar refractivity (Wildman–Crippen MR) is 73.7 cm³/mol. The molecule has 2 saturated heterocycles. The molecule has 1 amide bonds. The Bertz CT molecular complexity index is 440. The summed E-state index contributed by atoms with van der Waals surface area (Å²) in [6.07, 6.45) is 7.60. The minimum atomic E-state index is 0.264. The first-order valence-electron chi connectivity index (χ1n) is 7.15. The number of rotatable bonds is 3. The average Bonchev–Trinajstić information content (AvgIpc) is 2.74. The van der Waals surface area contributed by atoms with Crippen LogP contribution in [0.2, 0.25) is 0 Å². The minimum absolute atomic E-state index is 0.264. The maximum absolute atomic E-state index is 12.2. The summed E-state index contributed by atoms with van der Waals surface area (Å²) in [5.74, 6) is 0.343. The van der Waals surface area contributed by atoms with Crippen molar-refractivity contribution in [3.63, 3.8) is 0 Å². The average molecular weight is 259 g/mol. The van der Waals surface area contributed by atoms with E-state index in [2.05, 4.69) is 15.2 Å². The van der Waals surface area contributed by atoms with Crippen molar-refractivity contribution in [3.8, 4) is 0 Å². The maximum atomic E-state index is 12.2. The van der Waals surface area contributed by atoms with Crippen LogP contribution in [0.25, 0.3) is 0 Å². The van der Waals surface area contributed by atoms with Gasteiger partial charge in [0.05, 0.1) is 0 Å². The molecule has 0 radical (unpaired) electrons. The van der Waals surface area contributed by atoms with Crippen LogP contribution >= 0.6 is 0 Å². The number of amides is 1. The molecule has 1 aromatic rings. The summed E-state index contributed by atoms with van der Waals surface area (Å²) in [7, 11) is 0. The van der Waals surface area contributed by atoms with Gasteiger partial charge in [-0.15, -0.1) is 0 Å². The van der Waals surface area contributed by atoms with Crippen molar-refractivity contribution in [3.05, 3.63) is 30.1 Å². The summed E-state index contributed by atoms with van der Waals surface area (Å²) >= 11 is 0. The number of nitrogens with one attached hydrogen (secondary N) is 1. The van der Waals surface area contributed by atoms with E-state index >= 15 is 0 Å². The van der Waals surface area contributed by atoms with Gasteiger partial charge in [0.25, 0.3) is 0 Å². The van der Waals surface area contributed by atoms with Crippen LogP contribution in [0.1, 0.15) is 24.8 Å². The van der Waals surface area contributed by atoms with Gasteiger partial charge in [-0.05, 0) is 55.5 Å². The fraction of sp³-hybridized carbons (Fsp3) is 0.600. The van der Waals surface area contributed by atoms with Crippen molar-refractivity contribution in [2.75, 3.05) is 26.2 Å². The molecule has 3 rings (SSSR count). The van der Waals surface area contributed by atoms with E-state index in [1.54, 1.807) is 0 Å². The number of piperidine rings is 1. The second-order valence-electron chi connectivity index (χ2n) is 5.85. The van der Waals surface area contributed by atoms with E-state index in [0.717, 1.165) is 51.9 Å². The summed E-state index contributed by atoms with van der Waals surface area (Å²) in [6, 6.07) is 4.06. The maximum Gasteiger partial charge on any atom is 0.223 e. The molecule has 19 heavy (non-hydrogen) atoms. The Labute approximate surface area is 114 Å². The van der Waals surface area contributed by atoms with Crippen molar-refractivity contribution < 1.29 is 4.79 Å². The molecular formula is C15H21N3O. The van der Waals surface area contributed by atoms with Crippen molar-refractivity contribution in [1.29, 1.82) is 0 Å². The van der Waals surface area contributed by atoms with E-state index in [4.69, 9.17) is 0 Å². The first kappa shape index (κ1) is 12.6. The number of hydrogen-bond donors (Lipinski definition) is 1. The molecule has 3 heterocycles. The van der Waals surface area contributed by atoms with Gasteiger partial charge in [0.15, 0.2) is 0 Å². The van der Waals surface area contributed by atoms with Crippen LogP contribution in [0.3, 0.4) is 0 Å². The number of aromatic nitrogens is 1. The predicted octanol–water partition coefficient (Wildman–Crippen LogP) is 1.23. The SMILES string of the molecule is O=C1CC2(CCNCC2)CN1CCc1ccncc1. The Morgan fingerprint density at radius 3 is 2.74 bits per heavy atom. The largest absolute Gasteiger partial charge is 0.342 e. The summed E-state index contributed by atoms with van der Waals surface area (Å²) in [4.78, 5) is 18.2. The van der Waals surface area contributed by atoms with E-state index in [-0.39, 0.29) is 5.41 Å². The molecule has 0 atom stereocenters. The number of carbonyl (C=O) groups excluding carboxylic acids is 1. The topological polar surface area (TPSA) is 45.2 Å². The summed E-state index contributed by atoms with van der Waals surface area (Å²) in [5.41, 5.74) is 1.52. The van der Waals surface area contributed by atoms with Gasteiger partial charge in [0, 0.05) is 31.9 Å². The van der Waals surface area contributed by atoms with Crippen LogP contribution in [0, 0.1) is 5.41 Å². The normalized spacial score (nSPS) is 22.1. The van der Waals surface area contributed by atoms with E-state index in [1.807, 2.05) is 24.5 Å². The Balaban J connectivity index is 1.58. The Hall–Kier alpha value is -1.42. The van der Waals surface area contributed by atoms with Crippen LogP contribution in [-0.4, -0.2) is 42.0 Å². The Morgan fingerprint density at radius 1 is 1.26 bits per heavy atom. The molecule has 102 valence electrons. The van der Waals surface area contributed by atoms with Gasteiger partial charge in [0.2, 0.25) is 5.91 Å². The van der Waals surface area contributed by atoms with Gasteiger partial charge in [-0.3, -0.25) is 9.78 Å². The molecule has 1 spiro atoms. The van der Waals surface area contributed by atoms with Crippen LogP contribution in [0.5, 0.6) is 0 Å². The third kappa shape index (κ3) is 2.78. The van der Waals surface area contributed by atoms with Crippen LogP contribution in [0.15, 0.2) is 24.5 Å². The molecule has 4 nitrogen and oxygen atoms in total. The van der Waals surface area contributed by atoms with Crippen molar-refractivity contribution in [2.45, 2.75) is 25.7 Å². The molecule has 2 aliphatic heterocycles. The van der Waals surface area contributed by atoms with Crippen molar-refractivity contribution in [1.82, 2.24) is 15.2 Å². The lowest BCUT2D eigenvalue weighted by Crippen LogP contribution is -2.39. The van der Waals surface area contributed by atoms with E-state index in [1.165, 1.54) is 5.56 Å². The highest BCUT2D eigenvalue weighted by Crippen LogP contribution is 2.39. The molecule has 0 saturated carbocycles. The molecular weight excluding hydrogens is 238 g/mol. The molecule has 2 aliphatic rings. The van der Waals surface area contributed by atoms with Crippen LogP contribution in [0.4, 0.5) is 0 Å². The lowest BCUT2D eigenvalue weighted by Gasteiger charge is -2.33. The first-order valence-corrected chi connectivity index (χ1v) is 7.15. The molecule has 4 heteroatoms. The standard InChI is InChI=1S/C15H21N3O/c19-14-11-15(4-8-17-9-5-15)12-18(14)10-3-13-1-6-16-7-2-13/h1-2,6-7,17H,3-5,8-12H2. The zero-order chi connectivity index (χ0) is 13.1. The third-order valence-corrected chi connectivity index (χ3v) is 4.49. The molecule has 1 N–H and O–H groups in total. The number of likely N-dealkylation sites (tertiary alicyclic amines) is 1. The Kier molecular flexibility index (Phi) is 3.51. The molecule has 0 aliphatic carbocycles. The zero-order valence-corrected chi connectivity index (χ0v) is 11.3. The first-order chi connectivity index (χ1) is 9.27. The lowest BCUT2D eigenvalue weighted by atomic mass is 9.78. The van der Waals surface area contributed by atoms with Gasteiger partial charge < -0.3 is 10.2 Å². The molecule has 1 aromatic heterocycles. The lowest BCUT2D eigenvalue weighted by molar-refractivity contribution is -0.127. The van der Waals surface area contributed by atoms with E-state index in [9.17, 15) is 4.79 Å². The van der Waals surface area contributed by atoms with Crippen molar-refractivity contribution in [2.24, 2.45) is 5.41 Å². The number of hydrogen-bond acceptors (Lipinski definition) is 3. The minimum Gasteiger partial charge on any atom is -0.342 e. The van der Waals surface area contributed by atoms with E-state index < -0.39 is 0 Å². The fourth-order valence-electron chi connectivity index (χ4n) is 3.29. The number of pyridine rings is 1. The smallest absolute Gasteiger partial charge is 0.223 e. The third-order valence-electron chi connectivity index (χ3n) is 4.49. The molecule has 0 bridgehead atoms. The fourth-order valence-corrected chi connectivity index (χ4v) is 3.29. The summed E-state index contributed by atoms with van der Waals surface area (Å²) in [5, 5.41) is 3.39. The summed E-state index contributed by atoms with van der Waals surface area (Å²) < 4.78 is 0. The van der Waals surface area contributed by atoms with E-state index in [0.29, 0.717) is 5.91 Å². The van der Waals surface area contributed by atoms with Gasteiger partial charge in [-0.25, -0.2) is 0 Å². The summed E-state index contributed by atoms with van der Waals surface area (Å²) in [6.45, 7) is 3.92. The number of nitrogens with zero attached hydrogens (tertiary/aromatic N) is 2. The highest BCUT2D eigenvalue weighted by Gasteiger charge is 2.43. The van der Waals surface area contributed by atoms with Gasteiger partial charge in [-0.2, -0.15) is 0 Å². The van der Waals surface area contributed by atoms with Crippen LogP contribution < -0.4 is 5.32 Å². The molecule has 0 unspecified atom stereocenters. The highest BCUT2D eigenvalue weighted by atomic mass is 16.2. The zero-order valence-electron chi connectivity index (χ0n) is 11.3. The van der Waals surface area contributed by atoms with Gasteiger partial charge >= 0.3 is 0 Å². The van der Waals surface area contributed by atoms with Crippen molar-refractivity contribution >= 4 is 5.91 Å². The second-order valence-corrected chi connectivity index (χ2v) is 5.85. The Morgan fingerprint density at radius 2 is 2.00 bits per heavy atom. The molecule has 0 aromatic carbocycles. The van der Waals surface area contributed by atoms with Gasteiger partial charge in [0.1, 0.15) is 0 Å². The number of carbonyl (C=O) groups is 1. The second kappa shape index (κ2) is 5.29. The van der Waals surface area contributed by atoms with Gasteiger partial charge in [-0.1, -0.05) is 0 Å².